The van der Waals surface area contributed by atoms with E-state index in [1.165, 1.54) is 51.4 Å². The van der Waals surface area contributed by atoms with Gasteiger partial charge in [0.15, 0.2) is 0 Å². The maximum absolute atomic E-state index is 13.3. The van der Waals surface area contributed by atoms with Crippen molar-refractivity contribution in [2.45, 2.75) is 115 Å². The molecule has 3 rings (SSSR count). The number of rotatable bonds is 3. The highest BCUT2D eigenvalue weighted by molar-refractivity contribution is 4.93. The van der Waals surface area contributed by atoms with Crippen LogP contribution in [0.5, 0.6) is 0 Å². The highest BCUT2D eigenvalue weighted by Crippen LogP contribution is 2.43. The Kier molecular flexibility index (Phi) is 6.39. The summed E-state index contributed by atoms with van der Waals surface area (Å²) < 4.78 is 40.0. The highest BCUT2D eigenvalue weighted by atomic mass is 19.4. The van der Waals surface area contributed by atoms with Gasteiger partial charge in [0, 0.05) is 18.1 Å². The predicted molar refractivity (Wildman–Crippen MR) is 96.5 cm³/mol. The van der Waals surface area contributed by atoms with Crippen LogP contribution < -0.4 is 0 Å². The second-order valence-electron chi connectivity index (χ2n) is 9.33. The fraction of sp³-hybridized carbons (Fsp3) is 1.00. The fourth-order valence-corrected chi connectivity index (χ4v) is 5.71. The molecule has 0 bridgehead atoms. The summed E-state index contributed by atoms with van der Waals surface area (Å²) in [6.45, 7) is 4.65. The van der Waals surface area contributed by atoms with Gasteiger partial charge in [-0.3, -0.25) is 4.90 Å². The predicted octanol–water partition coefficient (Wildman–Crippen LogP) is 6.57. The summed E-state index contributed by atoms with van der Waals surface area (Å²) in [6, 6.07) is 1.23. The lowest BCUT2D eigenvalue weighted by Crippen LogP contribution is -2.53. The molecule has 0 N–H and O–H groups in total. The molecule has 2 atom stereocenters. The zero-order chi connectivity index (χ0) is 18.0. The van der Waals surface area contributed by atoms with E-state index < -0.39 is 12.1 Å². The summed E-state index contributed by atoms with van der Waals surface area (Å²) in [7, 11) is 0. The second kappa shape index (κ2) is 8.19. The molecular weight excluding hydrogens is 323 g/mol. The van der Waals surface area contributed by atoms with Crippen molar-refractivity contribution in [3.63, 3.8) is 0 Å². The van der Waals surface area contributed by atoms with Gasteiger partial charge < -0.3 is 0 Å². The summed E-state index contributed by atoms with van der Waals surface area (Å²) in [6.07, 6.45) is 8.19. The number of halogens is 3. The van der Waals surface area contributed by atoms with E-state index in [2.05, 4.69) is 18.7 Å². The van der Waals surface area contributed by atoms with E-state index in [9.17, 15) is 13.2 Å². The van der Waals surface area contributed by atoms with Crippen molar-refractivity contribution in [2.75, 3.05) is 0 Å². The standard InChI is InChI=1S/C21H36F3N/c1-15-6-10-18(11-7-15)25(19-12-8-16(2)9-13-19)20-5-3-4-17(14-20)21(22,23)24/h15-20H,3-14H2,1-2H3. The lowest BCUT2D eigenvalue weighted by atomic mass is 9.78. The van der Waals surface area contributed by atoms with Crippen LogP contribution in [0, 0.1) is 17.8 Å². The normalized spacial score (nSPS) is 41.0. The monoisotopic (exact) mass is 359 g/mol. The Bertz CT molecular complexity index is 384. The smallest absolute Gasteiger partial charge is 0.294 e. The van der Waals surface area contributed by atoms with Gasteiger partial charge in [0.25, 0.3) is 0 Å². The Balaban J connectivity index is 1.73. The van der Waals surface area contributed by atoms with Crippen LogP contribution in [0.4, 0.5) is 13.2 Å². The van der Waals surface area contributed by atoms with Crippen molar-refractivity contribution in [3.05, 3.63) is 0 Å². The van der Waals surface area contributed by atoms with E-state index in [0.717, 1.165) is 24.7 Å². The molecule has 0 aromatic carbocycles. The summed E-state index contributed by atoms with van der Waals surface area (Å²) in [4.78, 5) is 2.63. The quantitative estimate of drug-likeness (QED) is 0.551. The average Bonchev–Trinajstić information content (AvgIpc) is 2.58. The van der Waals surface area contributed by atoms with E-state index in [1.54, 1.807) is 0 Å². The summed E-state index contributed by atoms with van der Waals surface area (Å²) in [5, 5.41) is 0. The van der Waals surface area contributed by atoms with Gasteiger partial charge in [0.2, 0.25) is 0 Å². The van der Waals surface area contributed by atoms with E-state index in [-0.39, 0.29) is 6.04 Å². The van der Waals surface area contributed by atoms with Crippen LogP contribution in [-0.4, -0.2) is 29.2 Å². The van der Waals surface area contributed by atoms with E-state index in [0.29, 0.717) is 24.9 Å². The van der Waals surface area contributed by atoms with E-state index >= 15 is 0 Å². The largest absolute Gasteiger partial charge is 0.391 e. The van der Waals surface area contributed by atoms with Gasteiger partial charge >= 0.3 is 6.18 Å². The van der Waals surface area contributed by atoms with Crippen LogP contribution in [-0.2, 0) is 0 Å². The molecule has 3 aliphatic carbocycles. The molecule has 2 unspecified atom stereocenters. The zero-order valence-corrected chi connectivity index (χ0v) is 16.0. The summed E-state index contributed by atoms with van der Waals surface area (Å²) >= 11 is 0. The van der Waals surface area contributed by atoms with Gasteiger partial charge in [-0.05, 0) is 82.5 Å². The minimum atomic E-state index is -4.01. The molecule has 0 aliphatic heterocycles. The van der Waals surface area contributed by atoms with E-state index in [1.807, 2.05) is 0 Å². The van der Waals surface area contributed by atoms with Crippen LogP contribution in [0.2, 0.25) is 0 Å². The Morgan fingerprint density at radius 2 is 1.12 bits per heavy atom. The van der Waals surface area contributed by atoms with Gasteiger partial charge in [-0.25, -0.2) is 0 Å². The Morgan fingerprint density at radius 3 is 1.56 bits per heavy atom. The number of alkyl halides is 3. The number of hydrogen-bond acceptors (Lipinski definition) is 1. The SMILES string of the molecule is CC1CCC(N(C2CCC(C)CC2)C2CCCC(C(F)(F)F)C2)CC1. The summed E-state index contributed by atoms with van der Waals surface area (Å²) in [5.41, 5.74) is 0. The molecule has 0 radical (unpaired) electrons. The lowest BCUT2D eigenvalue weighted by Gasteiger charge is -2.49. The van der Waals surface area contributed by atoms with Gasteiger partial charge in [-0.15, -0.1) is 0 Å². The fourth-order valence-electron chi connectivity index (χ4n) is 5.71. The van der Waals surface area contributed by atoms with E-state index in [4.69, 9.17) is 0 Å². The third kappa shape index (κ3) is 4.93. The van der Waals surface area contributed by atoms with Crippen molar-refractivity contribution < 1.29 is 13.2 Å². The van der Waals surface area contributed by atoms with Crippen LogP contribution in [0.3, 0.4) is 0 Å². The third-order valence-electron chi connectivity index (χ3n) is 7.35. The van der Waals surface area contributed by atoms with Crippen molar-refractivity contribution >= 4 is 0 Å². The lowest BCUT2D eigenvalue weighted by molar-refractivity contribution is -0.189. The molecule has 3 aliphatic rings. The molecule has 0 heterocycles. The van der Waals surface area contributed by atoms with Crippen LogP contribution in [0.1, 0.15) is 90.9 Å². The maximum Gasteiger partial charge on any atom is 0.391 e. The van der Waals surface area contributed by atoms with Gasteiger partial charge in [-0.2, -0.15) is 13.2 Å². The van der Waals surface area contributed by atoms with Crippen LogP contribution in [0.25, 0.3) is 0 Å². The molecule has 146 valence electrons. The minimum Gasteiger partial charge on any atom is -0.294 e. The Hall–Kier alpha value is -0.250. The number of nitrogens with zero attached hydrogens (tertiary/aromatic N) is 1. The molecule has 0 aromatic rings. The molecule has 4 heteroatoms. The van der Waals surface area contributed by atoms with Gasteiger partial charge in [0.05, 0.1) is 5.92 Å². The second-order valence-corrected chi connectivity index (χ2v) is 9.33. The average molecular weight is 360 g/mol. The molecule has 1 nitrogen and oxygen atoms in total. The van der Waals surface area contributed by atoms with Crippen LogP contribution >= 0.6 is 0 Å². The first-order chi connectivity index (χ1) is 11.8. The minimum absolute atomic E-state index is 0.164. The number of hydrogen-bond donors (Lipinski definition) is 0. The third-order valence-corrected chi connectivity index (χ3v) is 7.35. The topological polar surface area (TPSA) is 3.24 Å². The molecule has 0 amide bonds. The molecule has 0 aromatic heterocycles. The highest BCUT2D eigenvalue weighted by Gasteiger charge is 2.45. The first kappa shape index (κ1) is 19.5. The van der Waals surface area contributed by atoms with Crippen LogP contribution in [0.15, 0.2) is 0 Å². The first-order valence-electron chi connectivity index (χ1n) is 10.7. The molecule has 3 fully saturated rings. The zero-order valence-electron chi connectivity index (χ0n) is 16.0. The van der Waals surface area contributed by atoms with Crippen molar-refractivity contribution in [2.24, 2.45) is 17.8 Å². The molecule has 3 saturated carbocycles. The Labute approximate surface area is 151 Å². The molecular formula is C21H36F3N. The molecule has 0 saturated heterocycles. The van der Waals surface area contributed by atoms with Gasteiger partial charge in [-0.1, -0.05) is 20.3 Å². The summed E-state index contributed by atoms with van der Waals surface area (Å²) in [5.74, 6) is 0.510. The maximum atomic E-state index is 13.3. The van der Waals surface area contributed by atoms with Gasteiger partial charge in [0.1, 0.15) is 0 Å². The van der Waals surface area contributed by atoms with Crippen molar-refractivity contribution in [1.82, 2.24) is 4.90 Å². The van der Waals surface area contributed by atoms with Crippen molar-refractivity contribution in [3.8, 4) is 0 Å². The molecule has 25 heavy (non-hydrogen) atoms. The first-order valence-corrected chi connectivity index (χ1v) is 10.7. The Morgan fingerprint density at radius 1 is 0.640 bits per heavy atom. The molecule has 0 spiro atoms. The van der Waals surface area contributed by atoms with Crippen molar-refractivity contribution in [1.29, 1.82) is 0 Å².